The zero-order valence-electron chi connectivity index (χ0n) is 16.0. The number of methoxy groups -OCH3 is 1. The van der Waals surface area contributed by atoms with Crippen molar-refractivity contribution in [3.8, 4) is 5.75 Å². The standard InChI is InChI=1S/C18H27N3O5S.ClH/c1-25-18(22)7-13-26-16-2-4-17(5-3-16)27(23,24)21-10-6-15(14-21)20-11-8-19-9-12-20;/h2-5,15,19H,6-14H2,1H3;1H. The highest BCUT2D eigenvalue weighted by molar-refractivity contribution is 7.89. The zero-order valence-corrected chi connectivity index (χ0v) is 17.6. The highest BCUT2D eigenvalue weighted by atomic mass is 35.5. The molecule has 10 heteroatoms. The summed E-state index contributed by atoms with van der Waals surface area (Å²) in [5, 5.41) is 3.32. The molecule has 2 saturated heterocycles. The molecule has 1 atom stereocenters. The molecule has 1 aromatic carbocycles. The molecule has 2 heterocycles. The molecule has 3 rings (SSSR count). The van der Waals surface area contributed by atoms with Gasteiger partial charge in [-0.1, -0.05) is 0 Å². The van der Waals surface area contributed by atoms with Crippen molar-refractivity contribution in [1.29, 1.82) is 0 Å². The summed E-state index contributed by atoms with van der Waals surface area (Å²) < 4.78 is 37.4. The van der Waals surface area contributed by atoms with Gasteiger partial charge >= 0.3 is 5.97 Å². The van der Waals surface area contributed by atoms with Crippen LogP contribution in [0.1, 0.15) is 12.8 Å². The second-order valence-corrected chi connectivity index (χ2v) is 8.68. The number of piperazine rings is 1. The number of esters is 1. The van der Waals surface area contributed by atoms with E-state index in [0.717, 1.165) is 32.6 Å². The summed E-state index contributed by atoms with van der Waals surface area (Å²) in [6, 6.07) is 6.65. The third kappa shape index (κ3) is 5.57. The monoisotopic (exact) mass is 433 g/mol. The summed E-state index contributed by atoms with van der Waals surface area (Å²) >= 11 is 0. The second kappa shape index (κ2) is 10.4. The summed E-state index contributed by atoms with van der Waals surface area (Å²) in [6.07, 6.45) is 1.02. The number of carbonyl (C=O) groups excluding carboxylic acids is 1. The zero-order chi connectivity index (χ0) is 19.3. The Bertz CT molecular complexity index is 738. The number of halogens is 1. The number of rotatable bonds is 7. The number of sulfonamides is 1. The van der Waals surface area contributed by atoms with E-state index in [9.17, 15) is 13.2 Å². The van der Waals surface area contributed by atoms with Crippen LogP contribution in [0, 0.1) is 0 Å². The maximum atomic E-state index is 12.9. The van der Waals surface area contributed by atoms with E-state index in [4.69, 9.17) is 4.74 Å². The molecule has 1 aromatic rings. The Balaban J connectivity index is 0.00000280. The minimum Gasteiger partial charge on any atom is -0.493 e. The van der Waals surface area contributed by atoms with E-state index in [1.807, 2.05) is 0 Å². The first-order chi connectivity index (χ1) is 13.0. The van der Waals surface area contributed by atoms with Crippen LogP contribution in [0.3, 0.4) is 0 Å². The molecule has 0 aliphatic carbocycles. The van der Waals surface area contributed by atoms with Crippen LogP contribution >= 0.6 is 12.4 Å². The lowest BCUT2D eigenvalue weighted by atomic mass is 10.2. The maximum absolute atomic E-state index is 12.9. The predicted molar refractivity (Wildman–Crippen MR) is 107 cm³/mol. The van der Waals surface area contributed by atoms with Crippen LogP contribution in [0.15, 0.2) is 29.2 Å². The topological polar surface area (TPSA) is 88.2 Å². The lowest BCUT2D eigenvalue weighted by Gasteiger charge is -2.32. The van der Waals surface area contributed by atoms with E-state index in [1.165, 1.54) is 7.11 Å². The molecule has 158 valence electrons. The normalized spacial score (nSPS) is 21.1. The molecule has 8 nitrogen and oxygen atoms in total. The van der Waals surface area contributed by atoms with Crippen molar-refractivity contribution in [2.24, 2.45) is 0 Å². The SMILES string of the molecule is COC(=O)CCOc1ccc(S(=O)(=O)N2CCC(N3CCNCC3)C2)cc1.Cl. The Labute approximate surface area is 172 Å². The lowest BCUT2D eigenvalue weighted by Crippen LogP contribution is -2.49. The molecule has 0 saturated carbocycles. The van der Waals surface area contributed by atoms with Gasteiger partial charge < -0.3 is 14.8 Å². The van der Waals surface area contributed by atoms with Gasteiger partial charge in [0.15, 0.2) is 0 Å². The summed E-state index contributed by atoms with van der Waals surface area (Å²) in [7, 11) is -2.18. The molecule has 1 unspecified atom stereocenters. The lowest BCUT2D eigenvalue weighted by molar-refractivity contribution is -0.141. The fourth-order valence-electron chi connectivity index (χ4n) is 3.49. The molecule has 2 aliphatic rings. The number of ether oxygens (including phenoxy) is 2. The van der Waals surface area contributed by atoms with Gasteiger partial charge in [-0.2, -0.15) is 4.31 Å². The molecule has 1 N–H and O–H groups in total. The molecule has 0 bridgehead atoms. The van der Waals surface area contributed by atoms with Crippen molar-refractivity contribution in [2.45, 2.75) is 23.8 Å². The van der Waals surface area contributed by atoms with Crippen LogP contribution < -0.4 is 10.1 Å². The van der Waals surface area contributed by atoms with Gasteiger partial charge in [-0.3, -0.25) is 9.69 Å². The Morgan fingerprint density at radius 2 is 1.86 bits per heavy atom. The van der Waals surface area contributed by atoms with Crippen LogP contribution in [-0.4, -0.2) is 82.6 Å². The van der Waals surface area contributed by atoms with Crippen molar-refractivity contribution in [3.05, 3.63) is 24.3 Å². The fourth-order valence-corrected chi connectivity index (χ4v) is 4.98. The van der Waals surface area contributed by atoms with Crippen molar-refractivity contribution in [2.75, 3.05) is 53.0 Å². The molecule has 0 spiro atoms. The predicted octanol–water partition coefficient (Wildman–Crippen LogP) is 0.719. The Morgan fingerprint density at radius 1 is 1.18 bits per heavy atom. The number of nitrogens with zero attached hydrogens (tertiary/aromatic N) is 2. The van der Waals surface area contributed by atoms with Gasteiger partial charge in [0.05, 0.1) is 25.0 Å². The summed E-state index contributed by atoms with van der Waals surface area (Å²) in [5.74, 6) is 0.181. The Hall–Kier alpha value is -1.39. The first-order valence-corrected chi connectivity index (χ1v) is 10.7. The Morgan fingerprint density at radius 3 is 2.50 bits per heavy atom. The van der Waals surface area contributed by atoms with Crippen LogP contribution in [0.2, 0.25) is 0 Å². The largest absolute Gasteiger partial charge is 0.493 e. The molecule has 0 radical (unpaired) electrons. The van der Waals surface area contributed by atoms with E-state index >= 15 is 0 Å². The van der Waals surface area contributed by atoms with E-state index in [2.05, 4.69) is 15.0 Å². The third-order valence-electron chi connectivity index (χ3n) is 5.06. The molecule has 0 aromatic heterocycles. The quantitative estimate of drug-likeness (QED) is 0.634. The minimum absolute atomic E-state index is 0. The minimum atomic E-state index is -3.50. The van der Waals surface area contributed by atoms with Gasteiger partial charge in [0.1, 0.15) is 5.75 Å². The number of carbonyl (C=O) groups is 1. The van der Waals surface area contributed by atoms with Crippen molar-refractivity contribution >= 4 is 28.4 Å². The Kier molecular flexibility index (Phi) is 8.51. The molecule has 0 amide bonds. The molecule has 2 fully saturated rings. The second-order valence-electron chi connectivity index (χ2n) is 6.74. The van der Waals surface area contributed by atoms with Crippen LogP contribution in [-0.2, 0) is 19.6 Å². The van der Waals surface area contributed by atoms with E-state index in [-0.39, 0.29) is 36.3 Å². The van der Waals surface area contributed by atoms with Gasteiger partial charge in [-0.25, -0.2) is 8.42 Å². The smallest absolute Gasteiger partial charge is 0.308 e. The fraction of sp³-hybridized carbons (Fsp3) is 0.611. The molecular formula is C18H28ClN3O5S. The van der Waals surface area contributed by atoms with E-state index < -0.39 is 10.0 Å². The van der Waals surface area contributed by atoms with Crippen molar-refractivity contribution < 1.29 is 22.7 Å². The van der Waals surface area contributed by atoms with Crippen molar-refractivity contribution in [3.63, 3.8) is 0 Å². The maximum Gasteiger partial charge on any atom is 0.308 e. The van der Waals surface area contributed by atoms with Gasteiger partial charge in [0.2, 0.25) is 10.0 Å². The number of benzene rings is 1. The average Bonchev–Trinajstić information content (AvgIpc) is 3.20. The van der Waals surface area contributed by atoms with E-state index in [1.54, 1.807) is 28.6 Å². The van der Waals surface area contributed by atoms with Crippen LogP contribution in [0.25, 0.3) is 0 Å². The molecule has 28 heavy (non-hydrogen) atoms. The summed E-state index contributed by atoms with van der Waals surface area (Å²) in [5.41, 5.74) is 0. The highest BCUT2D eigenvalue weighted by Gasteiger charge is 2.35. The average molecular weight is 434 g/mol. The van der Waals surface area contributed by atoms with E-state index in [0.29, 0.717) is 24.9 Å². The highest BCUT2D eigenvalue weighted by Crippen LogP contribution is 2.25. The number of hydrogen-bond acceptors (Lipinski definition) is 7. The first-order valence-electron chi connectivity index (χ1n) is 9.25. The summed E-state index contributed by atoms with van der Waals surface area (Å²) in [4.78, 5) is 13.7. The van der Waals surface area contributed by atoms with Gasteiger partial charge in [-0.15, -0.1) is 12.4 Å². The number of nitrogens with one attached hydrogen (secondary N) is 1. The molecule has 2 aliphatic heterocycles. The number of hydrogen-bond donors (Lipinski definition) is 1. The summed E-state index contributed by atoms with van der Waals surface area (Å²) in [6.45, 7) is 5.14. The third-order valence-corrected chi connectivity index (χ3v) is 6.94. The van der Waals surface area contributed by atoms with Crippen LogP contribution in [0.4, 0.5) is 0 Å². The van der Waals surface area contributed by atoms with Gasteiger partial charge in [0.25, 0.3) is 0 Å². The first kappa shape index (κ1) is 22.9. The molecular weight excluding hydrogens is 406 g/mol. The van der Waals surface area contributed by atoms with Gasteiger partial charge in [-0.05, 0) is 30.7 Å². The van der Waals surface area contributed by atoms with Crippen LogP contribution in [0.5, 0.6) is 5.75 Å². The van der Waals surface area contributed by atoms with Gasteiger partial charge in [0, 0.05) is 45.3 Å². The van der Waals surface area contributed by atoms with Crippen molar-refractivity contribution in [1.82, 2.24) is 14.5 Å².